The van der Waals surface area contributed by atoms with E-state index in [1.807, 2.05) is 54.6 Å². The summed E-state index contributed by atoms with van der Waals surface area (Å²) in [4.78, 5) is 12.1. The fourth-order valence-electron chi connectivity index (χ4n) is 2.30. The number of allylic oxidation sites excluding steroid dienone is 1. The molecule has 120 valence electrons. The molecule has 2 aromatic carbocycles. The molecule has 3 rings (SSSR count). The molecule has 0 aliphatic carbocycles. The van der Waals surface area contributed by atoms with E-state index in [0.29, 0.717) is 12.2 Å². The Hall–Kier alpha value is -3.14. The summed E-state index contributed by atoms with van der Waals surface area (Å²) in [6.45, 7) is 0.488. The van der Waals surface area contributed by atoms with Gasteiger partial charge in [0.2, 0.25) is 0 Å². The molecule has 0 atom stereocenters. The molecular weight excluding hydrogens is 300 g/mol. The van der Waals surface area contributed by atoms with Crippen molar-refractivity contribution in [2.24, 2.45) is 7.05 Å². The minimum absolute atomic E-state index is 0.0824. The van der Waals surface area contributed by atoms with Gasteiger partial charge in [-0.15, -0.1) is 0 Å². The predicted molar refractivity (Wildman–Crippen MR) is 93.8 cm³/mol. The third kappa shape index (κ3) is 3.98. The third-order valence-corrected chi connectivity index (χ3v) is 3.56. The normalized spacial score (nSPS) is 10.9. The highest BCUT2D eigenvalue weighted by Gasteiger charge is 2.05. The highest BCUT2D eigenvalue weighted by molar-refractivity contribution is 6.06. The maximum atomic E-state index is 12.1. The molecule has 0 saturated heterocycles. The van der Waals surface area contributed by atoms with Gasteiger partial charge in [0.15, 0.2) is 5.78 Å². The summed E-state index contributed by atoms with van der Waals surface area (Å²) in [6.07, 6.45) is 6.58. The van der Waals surface area contributed by atoms with Crippen LogP contribution in [-0.4, -0.2) is 15.6 Å². The Morgan fingerprint density at radius 2 is 1.88 bits per heavy atom. The standard InChI is InChI=1S/C20H18N2O2/c1-22-14-18(13-21-22)19(23)12-11-17-9-5-6-10-20(17)24-15-16-7-3-2-4-8-16/h2-14H,15H2,1H3. The van der Waals surface area contributed by atoms with Crippen LogP contribution in [0.3, 0.4) is 0 Å². The highest BCUT2D eigenvalue weighted by Crippen LogP contribution is 2.21. The lowest BCUT2D eigenvalue weighted by Crippen LogP contribution is -1.97. The number of hydrogen-bond donors (Lipinski definition) is 0. The molecule has 4 nitrogen and oxygen atoms in total. The molecule has 3 aromatic rings. The van der Waals surface area contributed by atoms with E-state index in [-0.39, 0.29) is 5.78 Å². The molecule has 0 N–H and O–H groups in total. The number of rotatable bonds is 6. The van der Waals surface area contributed by atoms with Gasteiger partial charge in [0.05, 0.1) is 11.8 Å². The monoisotopic (exact) mass is 318 g/mol. The Morgan fingerprint density at radius 3 is 2.62 bits per heavy atom. The van der Waals surface area contributed by atoms with Crippen LogP contribution in [0.5, 0.6) is 5.75 Å². The van der Waals surface area contributed by atoms with Gasteiger partial charge in [0.1, 0.15) is 12.4 Å². The summed E-state index contributed by atoms with van der Waals surface area (Å²) >= 11 is 0. The predicted octanol–water partition coefficient (Wildman–Crippen LogP) is 3.90. The molecule has 0 spiro atoms. The van der Waals surface area contributed by atoms with Gasteiger partial charge in [-0.25, -0.2) is 0 Å². The lowest BCUT2D eigenvalue weighted by Gasteiger charge is -2.09. The smallest absolute Gasteiger partial charge is 0.189 e. The van der Waals surface area contributed by atoms with Crippen molar-refractivity contribution in [3.63, 3.8) is 0 Å². The largest absolute Gasteiger partial charge is 0.488 e. The van der Waals surface area contributed by atoms with Crippen LogP contribution in [0.4, 0.5) is 0 Å². The molecule has 0 aliphatic heterocycles. The van der Waals surface area contributed by atoms with Gasteiger partial charge < -0.3 is 4.74 Å². The molecule has 4 heteroatoms. The van der Waals surface area contributed by atoms with Gasteiger partial charge >= 0.3 is 0 Å². The zero-order valence-electron chi connectivity index (χ0n) is 13.4. The van der Waals surface area contributed by atoms with Gasteiger partial charge in [-0.05, 0) is 23.8 Å². The number of carbonyl (C=O) groups excluding carboxylic acids is 1. The second kappa shape index (κ2) is 7.42. The Bertz CT molecular complexity index is 851. The summed E-state index contributed by atoms with van der Waals surface area (Å²) < 4.78 is 7.50. The molecule has 0 radical (unpaired) electrons. The third-order valence-electron chi connectivity index (χ3n) is 3.56. The average Bonchev–Trinajstić information content (AvgIpc) is 3.06. The number of aromatic nitrogens is 2. The van der Waals surface area contributed by atoms with Gasteiger partial charge in [-0.2, -0.15) is 5.10 Å². The van der Waals surface area contributed by atoms with Crippen LogP contribution < -0.4 is 4.74 Å². The van der Waals surface area contributed by atoms with Crippen LogP contribution >= 0.6 is 0 Å². The van der Waals surface area contributed by atoms with Crippen molar-refractivity contribution < 1.29 is 9.53 Å². The van der Waals surface area contributed by atoms with Crippen molar-refractivity contribution in [3.8, 4) is 5.75 Å². The summed E-state index contributed by atoms with van der Waals surface area (Å²) in [5, 5.41) is 4.01. The van der Waals surface area contributed by atoms with E-state index in [2.05, 4.69) is 5.10 Å². The molecule has 0 unspecified atom stereocenters. The first-order chi connectivity index (χ1) is 11.7. The van der Waals surface area contributed by atoms with Crippen LogP contribution in [-0.2, 0) is 13.7 Å². The minimum Gasteiger partial charge on any atom is -0.488 e. The van der Waals surface area contributed by atoms with Crippen LogP contribution in [0.15, 0.2) is 73.1 Å². The first-order valence-electron chi connectivity index (χ1n) is 7.69. The number of benzene rings is 2. The number of ether oxygens (including phenoxy) is 1. The molecule has 0 bridgehead atoms. The van der Waals surface area contributed by atoms with Gasteiger partial charge in [0, 0.05) is 18.8 Å². The second-order valence-corrected chi connectivity index (χ2v) is 5.41. The highest BCUT2D eigenvalue weighted by atomic mass is 16.5. The molecule has 0 amide bonds. The van der Waals surface area contributed by atoms with Crippen molar-refractivity contribution in [3.05, 3.63) is 89.8 Å². The quantitative estimate of drug-likeness (QED) is 0.511. The minimum atomic E-state index is -0.0824. The van der Waals surface area contributed by atoms with E-state index >= 15 is 0 Å². The van der Waals surface area contributed by atoms with E-state index in [0.717, 1.165) is 16.9 Å². The summed E-state index contributed by atoms with van der Waals surface area (Å²) in [5.74, 6) is 0.664. The molecular formula is C20H18N2O2. The Balaban J connectivity index is 1.72. The molecule has 0 saturated carbocycles. The molecule has 0 aliphatic rings. The number of carbonyl (C=O) groups is 1. The number of nitrogens with zero attached hydrogens (tertiary/aromatic N) is 2. The number of ketones is 1. The Morgan fingerprint density at radius 1 is 1.12 bits per heavy atom. The molecule has 24 heavy (non-hydrogen) atoms. The first kappa shape index (κ1) is 15.7. The fourth-order valence-corrected chi connectivity index (χ4v) is 2.30. The SMILES string of the molecule is Cn1cc(C(=O)C=Cc2ccccc2OCc2ccccc2)cn1. The van der Waals surface area contributed by atoms with E-state index in [1.165, 1.54) is 0 Å². The van der Waals surface area contributed by atoms with Crippen molar-refractivity contribution in [1.29, 1.82) is 0 Å². The fraction of sp³-hybridized carbons (Fsp3) is 0.100. The molecule has 1 aromatic heterocycles. The van der Waals surface area contributed by atoms with E-state index in [4.69, 9.17) is 4.74 Å². The number of hydrogen-bond acceptors (Lipinski definition) is 3. The lowest BCUT2D eigenvalue weighted by atomic mass is 10.1. The number of para-hydroxylation sites is 1. The van der Waals surface area contributed by atoms with Gasteiger partial charge in [-0.1, -0.05) is 48.5 Å². The molecule has 0 fully saturated rings. The second-order valence-electron chi connectivity index (χ2n) is 5.41. The van der Waals surface area contributed by atoms with E-state index in [1.54, 1.807) is 36.3 Å². The van der Waals surface area contributed by atoms with Crippen LogP contribution in [0.2, 0.25) is 0 Å². The van der Waals surface area contributed by atoms with Gasteiger partial charge in [-0.3, -0.25) is 9.48 Å². The maximum absolute atomic E-state index is 12.1. The Kier molecular flexibility index (Phi) is 4.87. The topological polar surface area (TPSA) is 44.1 Å². The number of aryl methyl sites for hydroxylation is 1. The van der Waals surface area contributed by atoms with E-state index in [9.17, 15) is 4.79 Å². The lowest BCUT2D eigenvalue weighted by molar-refractivity contribution is 0.104. The van der Waals surface area contributed by atoms with Crippen molar-refractivity contribution >= 4 is 11.9 Å². The van der Waals surface area contributed by atoms with Crippen LogP contribution in [0.1, 0.15) is 21.5 Å². The van der Waals surface area contributed by atoms with Gasteiger partial charge in [0.25, 0.3) is 0 Å². The van der Waals surface area contributed by atoms with Crippen LogP contribution in [0.25, 0.3) is 6.08 Å². The van der Waals surface area contributed by atoms with Crippen molar-refractivity contribution in [2.45, 2.75) is 6.61 Å². The summed E-state index contributed by atoms with van der Waals surface area (Å²) in [7, 11) is 1.78. The van der Waals surface area contributed by atoms with E-state index < -0.39 is 0 Å². The Labute approximate surface area is 141 Å². The summed E-state index contributed by atoms with van der Waals surface area (Å²) in [5.41, 5.74) is 2.53. The van der Waals surface area contributed by atoms with Crippen molar-refractivity contribution in [2.75, 3.05) is 0 Å². The zero-order chi connectivity index (χ0) is 16.8. The maximum Gasteiger partial charge on any atom is 0.189 e. The average molecular weight is 318 g/mol. The van der Waals surface area contributed by atoms with Crippen LogP contribution in [0, 0.1) is 0 Å². The van der Waals surface area contributed by atoms with Crippen molar-refractivity contribution in [1.82, 2.24) is 9.78 Å². The molecule has 1 heterocycles. The summed E-state index contributed by atoms with van der Waals surface area (Å²) in [6, 6.07) is 17.6. The zero-order valence-corrected chi connectivity index (χ0v) is 13.4. The first-order valence-corrected chi connectivity index (χ1v) is 7.69.